The van der Waals surface area contributed by atoms with E-state index in [9.17, 15) is 18.8 Å². The Labute approximate surface area is 208 Å². The molecular weight excluding hydrogens is 463 g/mol. The van der Waals surface area contributed by atoms with Crippen molar-refractivity contribution >= 4 is 17.7 Å². The number of fused-ring (bicyclic) bond motifs is 1. The maximum Gasteiger partial charge on any atom is 0.255 e. The number of hydrogen-bond donors (Lipinski definition) is 1. The van der Waals surface area contributed by atoms with Gasteiger partial charge in [0.15, 0.2) is 0 Å². The lowest BCUT2D eigenvalue weighted by atomic mass is 9.84. The van der Waals surface area contributed by atoms with Crippen molar-refractivity contribution in [1.82, 2.24) is 20.1 Å². The summed E-state index contributed by atoms with van der Waals surface area (Å²) in [7, 11) is 0. The molecular formula is C27H29FN4O4. The standard InChI is InChI=1S/C27H29FN4O4/c28-21-12-29-10-9-19(21)17-13-31(14-17)22-3-1-2-4-24(22)36-18-5-6-20-16(11-18)15-32(27(20)35)23-7-8-25(33)30-26(23)34/h5-6,9-12,17,22-24H,1-4,7-8,13-15H2,(H,30,33,34)/t22-,23+,24+/m1/s1. The fraction of sp³-hybridized carbons (Fsp3) is 0.481. The number of ether oxygens (including phenoxy) is 1. The second kappa shape index (κ2) is 9.28. The number of amides is 3. The Hall–Kier alpha value is -3.33. The summed E-state index contributed by atoms with van der Waals surface area (Å²) >= 11 is 0. The summed E-state index contributed by atoms with van der Waals surface area (Å²) in [4.78, 5) is 44.6. The molecule has 3 atom stereocenters. The van der Waals surface area contributed by atoms with Crippen LogP contribution in [0.4, 0.5) is 4.39 Å². The number of carbonyl (C=O) groups is 3. The summed E-state index contributed by atoms with van der Waals surface area (Å²) in [5.41, 5.74) is 2.15. The van der Waals surface area contributed by atoms with Gasteiger partial charge in [0.05, 0.1) is 6.20 Å². The van der Waals surface area contributed by atoms with Gasteiger partial charge in [0.2, 0.25) is 11.8 Å². The first-order valence-electron chi connectivity index (χ1n) is 12.8. The summed E-state index contributed by atoms with van der Waals surface area (Å²) in [6, 6.07) is 6.95. The molecule has 3 aliphatic heterocycles. The molecule has 1 saturated carbocycles. The van der Waals surface area contributed by atoms with Crippen LogP contribution < -0.4 is 10.1 Å². The Morgan fingerprint density at radius 3 is 2.69 bits per heavy atom. The Balaban J connectivity index is 1.12. The molecule has 4 heterocycles. The van der Waals surface area contributed by atoms with Gasteiger partial charge >= 0.3 is 0 Å². The number of halogens is 1. The van der Waals surface area contributed by atoms with E-state index in [4.69, 9.17) is 4.74 Å². The average Bonchev–Trinajstić information content (AvgIpc) is 3.16. The number of benzene rings is 1. The van der Waals surface area contributed by atoms with Crippen molar-refractivity contribution in [2.45, 2.75) is 69.2 Å². The number of nitrogens with zero attached hydrogens (tertiary/aromatic N) is 3. The molecule has 9 heteroatoms. The second-order valence-electron chi connectivity index (χ2n) is 10.3. The Morgan fingerprint density at radius 1 is 1.06 bits per heavy atom. The number of hydrogen-bond acceptors (Lipinski definition) is 6. The number of piperidine rings is 1. The molecule has 0 bridgehead atoms. The number of likely N-dealkylation sites (tertiary alicyclic amines) is 1. The molecule has 2 aromatic rings. The van der Waals surface area contributed by atoms with Crippen LogP contribution in [0.3, 0.4) is 0 Å². The maximum absolute atomic E-state index is 14.1. The van der Waals surface area contributed by atoms with Crippen molar-refractivity contribution in [3.05, 3.63) is 59.2 Å². The van der Waals surface area contributed by atoms with Crippen LogP contribution in [0.5, 0.6) is 5.75 Å². The lowest BCUT2D eigenvalue weighted by molar-refractivity contribution is -0.136. The van der Waals surface area contributed by atoms with Gasteiger partial charge in [0, 0.05) is 49.8 Å². The minimum absolute atomic E-state index is 0.0309. The highest BCUT2D eigenvalue weighted by Gasteiger charge is 2.41. The number of carbonyl (C=O) groups excluding carboxylic acids is 3. The number of imide groups is 1. The third-order valence-electron chi connectivity index (χ3n) is 8.07. The minimum Gasteiger partial charge on any atom is -0.489 e. The minimum atomic E-state index is -0.626. The van der Waals surface area contributed by atoms with Crippen LogP contribution in [-0.4, -0.2) is 63.8 Å². The van der Waals surface area contributed by atoms with E-state index in [2.05, 4.69) is 15.2 Å². The van der Waals surface area contributed by atoms with Gasteiger partial charge < -0.3 is 9.64 Å². The molecule has 1 aromatic carbocycles. The molecule has 1 aromatic heterocycles. The van der Waals surface area contributed by atoms with Crippen LogP contribution in [0.25, 0.3) is 0 Å². The summed E-state index contributed by atoms with van der Waals surface area (Å²) in [5.74, 6) is -0.221. The van der Waals surface area contributed by atoms with E-state index in [1.807, 2.05) is 12.1 Å². The average molecular weight is 493 g/mol. The lowest BCUT2D eigenvalue weighted by Crippen LogP contribution is -2.57. The van der Waals surface area contributed by atoms with Crippen LogP contribution in [0.15, 0.2) is 36.7 Å². The molecule has 0 radical (unpaired) electrons. The van der Waals surface area contributed by atoms with Gasteiger partial charge in [-0.15, -0.1) is 0 Å². The molecule has 188 valence electrons. The van der Waals surface area contributed by atoms with E-state index in [1.54, 1.807) is 23.2 Å². The van der Waals surface area contributed by atoms with Gasteiger partial charge in [-0.2, -0.15) is 0 Å². The highest BCUT2D eigenvalue weighted by Crippen LogP contribution is 2.37. The Morgan fingerprint density at radius 2 is 1.89 bits per heavy atom. The van der Waals surface area contributed by atoms with Gasteiger partial charge in [0.1, 0.15) is 23.7 Å². The molecule has 3 amide bonds. The maximum atomic E-state index is 14.1. The number of pyridine rings is 1. The van der Waals surface area contributed by atoms with Gasteiger partial charge in [0.25, 0.3) is 5.91 Å². The predicted molar refractivity (Wildman–Crippen MR) is 128 cm³/mol. The molecule has 0 unspecified atom stereocenters. The van der Waals surface area contributed by atoms with E-state index in [1.165, 1.54) is 6.20 Å². The van der Waals surface area contributed by atoms with Crippen LogP contribution in [-0.2, 0) is 16.1 Å². The van der Waals surface area contributed by atoms with Crippen LogP contribution in [0.1, 0.15) is 65.9 Å². The fourth-order valence-corrected chi connectivity index (χ4v) is 6.13. The Bertz CT molecular complexity index is 1210. The zero-order chi connectivity index (χ0) is 24.8. The van der Waals surface area contributed by atoms with E-state index >= 15 is 0 Å². The molecule has 8 nitrogen and oxygen atoms in total. The van der Waals surface area contributed by atoms with Crippen LogP contribution >= 0.6 is 0 Å². The first kappa shape index (κ1) is 23.1. The summed E-state index contributed by atoms with van der Waals surface area (Å²) in [6.07, 6.45) is 7.79. The van der Waals surface area contributed by atoms with Crippen molar-refractivity contribution in [1.29, 1.82) is 0 Å². The second-order valence-corrected chi connectivity index (χ2v) is 10.3. The molecule has 3 fully saturated rings. The number of rotatable bonds is 5. The van der Waals surface area contributed by atoms with Gasteiger partial charge in [-0.1, -0.05) is 6.42 Å². The first-order chi connectivity index (χ1) is 17.5. The third kappa shape index (κ3) is 4.15. The summed E-state index contributed by atoms with van der Waals surface area (Å²) in [5, 5.41) is 2.34. The van der Waals surface area contributed by atoms with Crippen molar-refractivity contribution < 1.29 is 23.5 Å². The lowest BCUT2D eigenvalue weighted by Gasteiger charge is -2.48. The van der Waals surface area contributed by atoms with Crippen molar-refractivity contribution in [3.8, 4) is 5.75 Å². The summed E-state index contributed by atoms with van der Waals surface area (Å²) < 4.78 is 20.6. The van der Waals surface area contributed by atoms with E-state index in [0.29, 0.717) is 18.5 Å². The molecule has 36 heavy (non-hydrogen) atoms. The summed E-state index contributed by atoms with van der Waals surface area (Å²) in [6.45, 7) is 1.95. The van der Waals surface area contributed by atoms with Crippen molar-refractivity contribution in [2.75, 3.05) is 13.1 Å². The molecule has 2 saturated heterocycles. The topological polar surface area (TPSA) is 91.8 Å². The highest BCUT2D eigenvalue weighted by molar-refractivity contribution is 6.05. The first-order valence-corrected chi connectivity index (χ1v) is 12.8. The Kier molecular flexibility index (Phi) is 5.95. The van der Waals surface area contributed by atoms with Crippen molar-refractivity contribution in [3.63, 3.8) is 0 Å². The zero-order valence-electron chi connectivity index (χ0n) is 20.0. The van der Waals surface area contributed by atoms with E-state index in [-0.39, 0.29) is 42.1 Å². The monoisotopic (exact) mass is 492 g/mol. The van der Waals surface area contributed by atoms with E-state index in [0.717, 1.165) is 55.6 Å². The molecule has 0 spiro atoms. The van der Waals surface area contributed by atoms with Gasteiger partial charge in [-0.05, 0) is 61.1 Å². The molecule has 1 N–H and O–H groups in total. The van der Waals surface area contributed by atoms with Crippen LogP contribution in [0.2, 0.25) is 0 Å². The molecule has 6 rings (SSSR count). The highest BCUT2D eigenvalue weighted by atomic mass is 19.1. The van der Waals surface area contributed by atoms with Crippen molar-refractivity contribution in [2.24, 2.45) is 0 Å². The molecule has 4 aliphatic rings. The van der Waals surface area contributed by atoms with Gasteiger partial charge in [-0.25, -0.2) is 4.39 Å². The largest absolute Gasteiger partial charge is 0.489 e. The fourth-order valence-electron chi connectivity index (χ4n) is 6.13. The number of aromatic nitrogens is 1. The smallest absolute Gasteiger partial charge is 0.255 e. The quantitative estimate of drug-likeness (QED) is 0.646. The number of nitrogens with one attached hydrogen (secondary N) is 1. The molecule has 1 aliphatic carbocycles. The SMILES string of the molecule is O=C1CC[C@H](N2Cc3cc(O[C@H]4CCCC[C@H]4N4CC(c5ccncc5F)C4)ccc3C2=O)C(=O)N1. The van der Waals surface area contributed by atoms with Gasteiger partial charge in [-0.3, -0.25) is 29.6 Å². The van der Waals surface area contributed by atoms with E-state index < -0.39 is 11.9 Å². The third-order valence-corrected chi connectivity index (χ3v) is 8.07. The van der Waals surface area contributed by atoms with Crippen LogP contribution in [0, 0.1) is 5.82 Å². The predicted octanol–water partition coefficient (Wildman–Crippen LogP) is 2.77. The normalized spacial score (nSPS) is 27.0. The zero-order valence-corrected chi connectivity index (χ0v) is 20.0.